The fraction of sp³-hybridized carbons (Fsp3) is 0.750. The monoisotopic (exact) mass is 243 g/mol. The van der Waals surface area contributed by atoms with Crippen LogP contribution in [0.4, 0.5) is 14.6 Å². The van der Waals surface area contributed by atoms with Crippen LogP contribution in [-0.4, -0.2) is 22.8 Å². The van der Waals surface area contributed by atoms with Crippen molar-refractivity contribution in [2.75, 3.05) is 11.9 Å². The molecule has 0 bridgehead atoms. The summed E-state index contributed by atoms with van der Waals surface area (Å²) in [5.74, 6) is 1.11. The molecule has 5 heteroatoms. The fourth-order valence-corrected chi connectivity index (χ4v) is 2.41. The molecular weight excluding hydrogens is 224 g/mol. The summed E-state index contributed by atoms with van der Waals surface area (Å²) in [6.07, 6.45) is 0.0816. The molecule has 0 aliphatic carbocycles. The molecule has 0 aromatic carbocycles. The summed E-state index contributed by atoms with van der Waals surface area (Å²) >= 11 is 0. The van der Waals surface area contributed by atoms with Crippen LogP contribution in [0.25, 0.3) is 0 Å². The summed E-state index contributed by atoms with van der Waals surface area (Å²) < 4.78 is 27.2. The molecule has 17 heavy (non-hydrogen) atoms. The smallest absolute Gasteiger partial charge is 0.260 e. The van der Waals surface area contributed by atoms with Gasteiger partial charge < -0.3 is 5.32 Å². The van der Waals surface area contributed by atoms with E-state index in [0.29, 0.717) is 18.9 Å². The Balaban J connectivity index is 2.30. The summed E-state index contributed by atoms with van der Waals surface area (Å²) in [5, 5.41) is 7.51. The minimum Gasteiger partial charge on any atom is -0.370 e. The fourth-order valence-electron chi connectivity index (χ4n) is 2.41. The lowest BCUT2D eigenvalue weighted by molar-refractivity contribution is 0.0712. The Hall–Kier alpha value is -1.13. The SMILES string of the molecule is CCC(CC)c1cc2n(n1)C(C(F)F)CCN2. The van der Waals surface area contributed by atoms with Gasteiger partial charge in [-0.2, -0.15) is 5.10 Å². The van der Waals surface area contributed by atoms with Crippen molar-refractivity contribution < 1.29 is 8.78 Å². The Morgan fingerprint density at radius 3 is 2.76 bits per heavy atom. The third-order valence-electron chi connectivity index (χ3n) is 3.51. The minimum absolute atomic E-state index is 0.369. The van der Waals surface area contributed by atoms with Crippen molar-refractivity contribution in [3.05, 3.63) is 11.8 Å². The van der Waals surface area contributed by atoms with E-state index >= 15 is 0 Å². The number of nitrogens with one attached hydrogen (secondary N) is 1. The second-order valence-electron chi connectivity index (χ2n) is 4.53. The van der Waals surface area contributed by atoms with Crippen LogP contribution >= 0.6 is 0 Å². The van der Waals surface area contributed by atoms with Crippen molar-refractivity contribution in [1.82, 2.24) is 9.78 Å². The number of rotatable bonds is 4. The van der Waals surface area contributed by atoms with Crippen molar-refractivity contribution in [3.63, 3.8) is 0 Å². The predicted molar refractivity (Wildman–Crippen MR) is 63.7 cm³/mol. The average molecular weight is 243 g/mol. The molecule has 0 saturated carbocycles. The molecule has 0 spiro atoms. The van der Waals surface area contributed by atoms with Crippen LogP contribution in [0.2, 0.25) is 0 Å². The molecule has 0 radical (unpaired) electrons. The van der Waals surface area contributed by atoms with Gasteiger partial charge in [-0.25, -0.2) is 13.5 Å². The van der Waals surface area contributed by atoms with E-state index in [9.17, 15) is 8.78 Å². The first kappa shape index (κ1) is 12.3. The Bertz CT molecular complexity index is 372. The van der Waals surface area contributed by atoms with Gasteiger partial charge in [-0.3, -0.25) is 0 Å². The van der Waals surface area contributed by atoms with E-state index in [-0.39, 0.29) is 0 Å². The molecule has 0 amide bonds. The van der Waals surface area contributed by atoms with Gasteiger partial charge in [-0.1, -0.05) is 13.8 Å². The quantitative estimate of drug-likeness (QED) is 0.878. The molecule has 1 aromatic rings. The lowest BCUT2D eigenvalue weighted by atomic mass is 10.00. The van der Waals surface area contributed by atoms with E-state index in [2.05, 4.69) is 24.3 Å². The predicted octanol–water partition coefficient (Wildman–Crippen LogP) is 3.41. The van der Waals surface area contributed by atoms with Crippen LogP contribution in [0.15, 0.2) is 6.07 Å². The number of hydrogen-bond donors (Lipinski definition) is 1. The van der Waals surface area contributed by atoms with Gasteiger partial charge in [0.05, 0.1) is 5.69 Å². The normalized spacial score (nSPS) is 19.5. The van der Waals surface area contributed by atoms with E-state index in [1.807, 2.05) is 6.07 Å². The molecule has 1 aromatic heterocycles. The largest absolute Gasteiger partial charge is 0.370 e. The maximum atomic E-state index is 12.9. The molecule has 96 valence electrons. The maximum absolute atomic E-state index is 12.9. The van der Waals surface area contributed by atoms with Gasteiger partial charge in [-0.05, 0) is 19.3 Å². The van der Waals surface area contributed by atoms with Crippen molar-refractivity contribution >= 4 is 5.82 Å². The van der Waals surface area contributed by atoms with Crippen LogP contribution in [0.1, 0.15) is 50.8 Å². The summed E-state index contributed by atoms with van der Waals surface area (Å²) in [7, 11) is 0. The molecule has 1 atom stereocenters. The van der Waals surface area contributed by atoms with Crippen molar-refractivity contribution in [3.8, 4) is 0 Å². The van der Waals surface area contributed by atoms with Gasteiger partial charge >= 0.3 is 0 Å². The third kappa shape index (κ3) is 2.28. The number of hydrogen-bond acceptors (Lipinski definition) is 2. The van der Waals surface area contributed by atoms with Crippen LogP contribution in [0.3, 0.4) is 0 Å². The first-order valence-corrected chi connectivity index (χ1v) is 6.28. The highest BCUT2D eigenvalue weighted by Gasteiger charge is 2.29. The van der Waals surface area contributed by atoms with Crippen LogP contribution in [0.5, 0.6) is 0 Å². The molecule has 1 aliphatic rings. The highest BCUT2D eigenvalue weighted by atomic mass is 19.3. The van der Waals surface area contributed by atoms with Gasteiger partial charge in [0.25, 0.3) is 6.43 Å². The van der Waals surface area contributed by atoms with Gasteiger partial charge in [0.2, 0.25) is 0 Å². The molecule has 2 heterocycles. The van der Waals surface area contributed by atoms with E-state index in [1.54, 1.807) is 0 Å². The van der Waals surface area contributed by atoms with Crippen molar-refractivity contribution in [1.29, 1.82) is 0 Å². The molecule has 3 nitrogen and oxygen atoms in total. The highest BCUT2D eigenvalue weighted by Crippen LogP contribution is 2.32. The van der Waals surface area contributed by atoms with Gasteiger partial charge in [0.15, 0.2) is 0 Å². The number of halogens is 2. The molecule has 1 aliphatic heterocycles. The first-order chi connectivity index (χ1) is 8.17. The minimum atomic E-state index is -2.34. The zero-order valence-corrected chi connectivity index (χ0v) is 10.3. The number of alkyl halides is 2. The number of fused-ring (bicyclic) bond motifs is 1. The molecule has 0 saturated heterocycles. The molecule has 1 unspecified atom stereocenters. The summed E-state index contributed by atoms with van der Waals surface area (Å²) in [6.45, 7) is 4.80. The second-order valence-corrected chi connectivity index (χ2v) is 4.53. The van der Waals surface area contributed by atoms with Gasteiger partial charge in [0, 0.05) is 18.5 Å². The van der Waals surface area contributed by atoms with E-state index in [1.165, 1.54) is 4.68 Å². The van der Waals surface area contributed by atoms with Crippen molar-refractivity contribution in [2.45, 2.75) is 51.5 Å². The Kier molecular flexibility index (Phi) is 3.64. The molecular formula is C12H19F2N3. The van der Waals surface area contributed by atoms with Gasteiger partial charge in [-0.15, -0.1) is 0 Å². The van der Waals surface area contributed by atoms with E-state index < -0.39 is 12.5 Å². The first-order valence-electron chi connectivity index (χ1n) is 6.28. The maximum Gasteiger partial charge on any atom is 0.260 e. The van der Waals surface area contributed by atoms with Crippen LogP contribution in [0, 0.1) is 0 Å². The standard InChI is InChI=1S/C12H19F2N3/c1-3-8(4-2)9-7-11-15-6-5-10(12(13)14)17(11)16-9/h7-8,10,12,15H,3-6H2,1-2H3. The van der Waals surface area contributed by atoms with Crippen LogP contribution < -0.4 is 5.32 Å². The average Bonchev–Trinajstić information content (AvgIpc) is 2.73. The van der Waals surface area contributed by atoms with E-state index in [4.69, 9.17) is 0 Å². The Morgan fingerprint density at radius 1 is 1.47 bits per heavy atom. The molecule has 0 fully saturated rings. The van der Waals surface area contributed by atoms with E-state index in [0.717, 1.165) is 24.4 Å². The Labute approximate surface area is 100 Å². The number of nitrogens with zero attached hydrogens (tertiary/aromatic N) is 2. The lowest BCUT2D eigenvalue weighted by Crippen LogP contribution is -2.28. The zero-order chi connectivity index (χ0) is 12.4. The highest BCUT2D eigenvalue weighted by molar-refractivity contribution is 5.40. The second kappa shape index (κ2) is 5.02. The third-order valence-corrected chi connectivity index (χ3v) is 3.51. The summed E-state index contributed by atoms with van der Waals surface area (Å²) in [4.78, 5) is 0. The van der Waals surface area contributed by atoms with Gasteiger partial charge in [0.1, 0.15) is 11.9 Å². The van der Waals surface area contributed by atoms with Crippen molar-refractivity contribution in [2.24, 2.45) is 0 Å². The number of aromatic nitrogens is 2. The lowest BCUT2D eigenvalue weighted by Gasteiger charge is -2.24. The molecule has 1 N–H and O–H groups in total. The summed E-state index contributed by atoms with van der Waals surface area (Å²) in [6, 6.07) is 1.15. The number of anilines is 1. The zero-order valence-electron chi connectivity index (χ0n) is 10.3. The molecule has 2 rings (SSSR count). The topological polar surface area (TPSA) is 29.9 Å². The Morgan fingerprint density at radius 2 is 2.18 bits per heavy atom. The summed E-state index contributed by atoms with van der Waals surface area (Å²) in [5.41, 5.74) is 0.935. The van der Waals surface area contributed by atoms with Crippen LogP contribution in [-0.2, 0) is 0 Å².